The van der Waals surface area contributed by atoms with Crippen molar-refractivity contribution in [1.82, 2.24) is 0 Å². The number of thiophene rings is 2. The first kappa shape index (κ1) is 26.6. The topological polar surface area (TPSA) is 3.24 Å². The molecule has 0 atom stereocenters. The normalized spacial score (nSPS) is 11.8. The first-order valence-corrected chi connectivity index (χ1v) is 16.7. The van der Waals surface area contributed by atoms with Gasteiger partial charge in [0.15, 0.2) is 0 Å². The molecule has 0 aliphatic heterocycles. The monoisotopic (exact) mass is 635 g/mol. The van der Waals surface area contributed by atoms with Crippen LogP contribution in [0.4, 0.5) is 21.5 Å². The van der Waals surface area contributed by atoms with Crippen LogP contribution in [0.5, 0.6) is 0 Å². The largest absolute Gasteiger partial charge is 0.308 e. The molecule has 214 valence electrons. The first-order valence-electron chi connectivity index (χ1n) is 14.7. The molecule has 0 aliphatic rings. The van der Waals surface area contributed by atoms with Gasteiger partial charge in [0.05, 0.1) is 30.5 Å². The second kappa shape index (κ2) is 10.4. The highest BCUT2D eigenvalue weighted by Crippen LogP contribution is 2.49. The molecule has 0 fully saturated rings. The minimum absolute atomic E-state index is 0.219. The minimum Gasteiger partial charge on any atom is -0.308 e. The van der Waals surface area contributed by atoms with Crippen LogP contribution in [0.1, 0.15) is 0 Å². The molecule has 0 N–H and O–H groups in total. The van der Waals surface area contributed by atoms with Crippen molar-refractivity contribution in [1.29, 1.82) is 0 Å². The van der Waals surface area contributed by atoms with Gasteiger partial charge in [0.25, 0.3) is 0 Å². The van der Waals surface area contributed by atoms with Gasteiger partial charge in [-0.05, 0) is 70.4 Å². The maximum atomic E-state index is 14.3. The summed E-state index contributed by atoms with van der Waals surface area (Å²) in [6.07, 6.45) is 0. The number of hydrogen-bond donors (Lipinski definition) is 0. The van der Waals surface area contributed by atoms with Crippen molar-refractivity contribution in [3.05, 3.63) is 150 Å². The summed E-state index contributed by atoms with van der Waals surface area (Å²) in [5, 5.41) is 7.75. The quantitative estimate of drug-likeness (QED) is 0.186. The molecule has 5 heteroatoms. The molecular weight excluding hydrogens is 613 g/mol. The van der Waals surface area contributed by atoms with Crippen molar-refractivity contribution in [2.75, 3.05) is 4.90 Å². The van der Waals surface area contributed by atoms with Crippen LogP contribution in [0.15, 0.2) is 140 Å². The van der Waals surface area contributed by atoms with E-state index < -0.39 is 0 Å². The summed E-state index contributed by atoms with van der Waals surface area (Å²) in [7, 11) is 0. The van der Waals surface area contributed by atoms with E-state index >= 15 is 0 Å². The number of fused-ring (bicyclic) bond motifs is 7. The van der Waals surface area contributed by atoms with Crippen molar-refractivity contribution in [2.45, 2.75) is 0 Å². The standard InChI is InChI=1S/C40H23ClFNS2/c41-34-14-4-11-32-33-13-6-16-36(40(33)45-38(32)34)43(35-15-5-12-31-30-22-19-26(42)23-37(30)44-39(31)35)27-20-17-25(18-21-27)29-10-3-8-24-7-1-2-9-28(24)29/h1-23H. The minimum atomic E-state index is -0.219. The zero-order valence-corrected chi connectivity index (χ0v) is 26.2. The van der Waals surface area contributed by atoms with Crippen molar-refractivity contribution in [2.24, 2.45) is 0 Å². The molecule has 9 aromatic rings. The Bertz CT molecular complexity index is 2580. The fraction of sp³-hybridized carbons (Fsp3) is 0. The van der Waals surface area contributed by atoms with Crippen LogP contribution >= 0.6 is 34.3 Å². The van der Waals surface area contributed by atoms with Crippen molar-refractivity contribution in [3.8, 4) is 11.1 Å². The summed E-state index contributed by atoms with van der Waals surface area (Å²) in [6, 6.07) is 47.9. The molecule has 0 unspecified atom stereocenters. The summed E-state index contributed by atoms with van der Waals surface area (Å²) >= 11 is 10.1. The lowest BCUT2D eigenvalue weighted by Gasteiger charge is -2.27. The van der Waals surface area contributed by atoms with E-state index in [4.69, 9.17) is 11.6 Å². The van der Waals surface area contributed by atoms with Crippen molar-refractivity contribution in [3.63, 3.8) is 0 Å². The van der Waals surface area contributed by atoms with Crippen LogP contribution < -0.4 is 4.90 Å². The van der Waals surface area contributed by atoms with E-state index in [9.17, 15) is 4.39 Å². The lowest BCUT2D eigenvalue weighted by molar-refractivity contribution is 0.630. The van der Waals surface area contributed by atoms with E-state index in [1.165, 1.54) is 26.4 Å². The number of hydrogen-bond acceptors (Lipinski definition) is 3. The van der Waals surface area contributed by atoms with E-state index in [0.29, 0.717) is 0 Å². The van der Waals surface area contributed by atoms with Crippen LogP contribution in [0, 0.1) is 5.82 Å². The van der Waals surface area contributed by atoms with Gasteiger partial charge in [0.2, 0.25) is 0 Å². The molecule has 2 heterocycles. The van der Waals surface area contributed by atoms with E-state index in [2.05, 4.69) is 114 Å². The Kier molecular flexibility index (Phi) is 6.17. The lowest BCUT2D eigenvalue weighted by Crippen LogP contribution is -2.10. The van der Waals surface area contributed by atoms with Gasteiger partial charge in [-0.3, -0.25) is 0 Å². The molecule has 0 aliphatic carbocycles. The third-order valence-corrected chi connectivity index (χ3v) is 11.5. The molecule has 0 saturated carbocycles. The zero-order chi connectivity index (χ0) is 30.1. The van der Waals surface area contributed by atoms with Gasteiger partial charge in [-0.15, -0.1) is 22.7 Å². The highest BCUT2D eigenvalue weighted by Gasteiger charge is 2.22. The SMILES string of the molecule is Fc1ccc2c(c1)sc1c(N(c3ccc(-c4cccc5ccccc45)cc3)c3cccc4c3sc3c(Cl)cccc34)cccc12. The Morgan fingerprint density at radius 3 is 1.93 bits per heavy atom. The average Bonchev–Trinajstić information content (AvgIpc) is 3.65. The number of rotatable bonds is 4. The van der Waals surface area contributed by atoms with E-state index in [1.807, 2.05) is 18.2 Å². The molecule has 7 aromatic carbocycles. The molecule has 0 amide bonds. The first-order chi connectivity index (χ1) is 22.1. The van der Waals surface area contributed by atoms with Gasteiger partial charge >= 0.3 is 0 Å². The third kappa shape index (κ3) is 4.25. The van der Waals surface area contributed by atoms with Crippen LogP contribution in [0.2, 0.25) is 5.02 Å². The van der Waals surface area contributed by atoms with Crippen molar-refractivity contribution < 1.29 is 4.39 Å². The van der Waals surface area contributed by atoms with Crippen molar-refractivity contribution >= 4 is 102 Å². The fourth-order valence-electron chi connectivity index (χ4n) is 6.56. The van der Waals surface area contributed by atoms with Gasteiger partial charge in [-0.25, -0.2) is 4.39 Å². The Hall–Kier alpha value is -4.74. The van der Waals surface area contributed by atoms with E-state index in [-0.39, 0.29) is 5.82 Å². The predicted molar refractivity (Wildman–Crippen MR) is 195 cm³/mol. The number of halogens is 2. The average molecular weight is 636 g/mol. The molecule has 0 saturated heterocycles. The van der Waals surface area contributed by atoms with Crippen LogP contribution in [-0.2, 0) is 0 Å². The third-order valence-electron chi connectivity index (χ3n) is 8.60. The maximum Gasteiger partial charge on any atom is 0.124 e. The molecule has 45 heavy (non-hydrogen) atoms. The van der Waals surface area contributed by atoms with Crippen LogP contribution in [0.25, 0.3) is 62.2 Å². The van der Waals surface area contributed by atoms with E-state index in [1.54, 1.807) is 34.8 Å². The Morgan fingerprint density at radius 1 is 0.511 bits per heavy atom. The van der Waals surface area contributed by atoms with Crippen LogP contribution in [0.3, 0.4) is 0 Å². The molecule has 0 bridgehead atoms. The predicted octanol–water partition coefficient (Wildman–Crippen LogP) is 13.5. The van der Waals surface area contributed by atoms with Gasteiger partial charge < -0.3 is 4.90 Å². The van der Waals surface area contributed by atoms with E-state index in [0.717, 1.165) is 57.9 Å². The summed E-state index contributed by atoms with van der Waals surface area (Å²) < 4.78 is 18.6. The maximum absolute atomic E-state index is 14.3. The lowest BCUT2D eigenvalue weighted by atomic mass is 9.98. The number of anilines is 3. The summed E-state index contributed by atoms with van der Waals surface area (Å²) in [5.41, 5.74) is 5.56. The molecule has 0 spiro atoms. The van der Waals surface area contributed by atoms with Gasteiger partial charge in [-0.2, -0.15) is 0 Å². The molecule has 0 radical (unpaired) electrons. The van der Waals surface area contributed by atoms with Gasteiger partial charge in [0, 0.05) is 31.9 Å². The Balaban J connectivity index is 1.30. The smallest absolute Gasteiger partial charge is 0.124 e. The molecule has 2 aromatic heterocycles. The highest BCUT2D eigenvalue weighted by atomic mass is 35.5. The highest BCUT2D eigenvalue weighted by molar-refractivity contribution is 7.27. The molecule has 9 rings (SSSR count). The summed E-state index contributed by atoms with van der Waals surface area (Å²) in [4.78, 5) is 2.35. The van der Waals surface area contributed by atoms with Gasteiger partial charge in [-0.1, -0.05) is 103 Å². The second-order valence-electron chi connectivity index (χ2n) is 11.2. The van der Waals surface area contributed by atoms with Crippen LogP contribution in [-0.4, -0.2) is 0 Å². The summed E-state index contributed by atoms with van der Waals surface area (Å²) in [5.74, 6) is -0.219. The Morgan fingerprint density at radius 2 is 1.13 bits per heavy atom. The molecular formula is C40H23ClFNS2. The molecule has 1 nitrogen and oxygen atoms in total. The fourth-order valence-corrected chi connectivity index (χ4v) is 9.29. The zero-order valence-electron chi connectivity index (χ0n) is 23.8. The summed E-state index contributed by atoms with van der Waals surface area (Å²) in [6.45, 7) is 0. The number of nitrogens with zero attached hydrogens (tertiary/aromatic N) is 1. The second-order valence-corrected chi connectivity index (χ2v) is 13.7. The Labute approximate surface area is 272 Å². The number of benzene rings is 7. The van der Waals surface area contributed by atoms with Gasteiger partial charge in [0.1, 0.15) is 5.82 Å².